The fraction of sp³-hybridized carbons (Fsp3) is 0.538. The molecule has 1 aliphatic rings. The maximum Gasteiger partial charge on any atom is 0.0610 e. The van der Waals surface area contributed by atoms with Gasteiger partial charge in [0.2, 0.25) is 0 Å². The van der Waals surface area contributed by atoms with E-state index in [0.717, 1.165) is 12.8 Å². The van der Waals surface area contributed by atoms with Gasteiger partial charge in [-0.3, -0.25) is 0 Å². The van der Waals surface area contributed by atoms with E-state index in [1.807, 2.05) is 0 Å². The first kappa shape index (κ1) is 11.3. The van der Waals surface area contributed by atoms with Gasteiger partial charge in [0.05, 0.1) is 17.5 Å². The largest absolute Gasteiger partial charge is 0.381 e. The predicted molar refractivity (Wildman–Crippen MR) is 68.2 cm³/mol. The molecule has 1 saturated carbocycles. The van der Waals surface area contributed by atoms with Gasteiger partial charge < -0.3 is 15.0 Å². The minimum atomic E-state index is 0.448. The number of hydrogen-bond acceptors (Lipinski definition) is 3. The minimum Gasteiger partial charge on any atom is -0.381 e. The normalized spacial score (nSPS) is 23.7. The Morgan fingerprint density at radius 3 is 2.56 bits per heavy atom. The fourth-order valence-electron chi connectivity index (χ4n) is 2.08. The summed E-state index contributed by atoms with van der Waals surface area (Å²) in [4.78, 5) is 2.13. The topological polar surface area (TPSA) is 24.5 Å². The van der Waals surface area contributed by atoms with E-state index in [4.69, 9.17) is 4.74 Å². The Kier molecular flexibility index (Phi) is 3.34. The molecular weight excluding hydrogens is 200 g/mol. The van der Waals surface area contributed by atoms with E-state index >= 15 is 0 Å². The Hall–Kier alpha value is -1.22. The van der Waals surface area contributed by atoms with Crippen LogP contribution in [0.15, 0.2) is 24.3 Å². The second-order valence-electron chi connectivity index (χ2n) is 4.58. The van der Waals surface area contributed by atoms with Crippen LogP contribution in [0, 0.1) is 0 Å². The Bertz CT molecular complexity index is 346. The molecule has 0 radical (unpaired) electrons. The number of nitrogens with zero attached hydrogens (tertiary/aromatic N) is 1. The van der Waals surface area contributed by atoms with Crippen LogP contribution in [0.1, 0.15) is 12.8 Å². The van der Waals surface area contributed by atoms with Crippen LogP contribution in [0.5, 0.6) is 0 Å². The van der Waals surface area contributed by atoms with Crippen molar-refractivity contribution < 1.29 is 4.74 Å². The Balaban J connectivity index is 1.99. The number of rotatable bonds is 4. The summed E-state index contributed by atoms with van der Waals surface area (Å²) in [5, 5.41) is 3.57. The van der Waals surface area contributed by atoms with Crippen LogP contribution in [-0.2, 0) is 4.74 Å². The van der Waals surface area contributed by atoms with Gasteiger partial charge in [-0.15, -0.1) is 0 Å². The number of nitrogens with one attached hydrogen (secondary N) is 1. The molecule has 3 heteroatoms. The average Bonchev–Trinajstić information content (AvgIpc) is 2.23. The molecule has 0 heterocycles. The van der Waals surface area contributed by atoms with Crippen LogP contribution in [-0.4, -0.2) is 33.4 Å². The van der Waals surface area contributed by atoms with E-state index in [1.54, 1.807) is 7.11 Å². The second-order valence-corrected chi connectivity index (χ2v) is 4.58. The summed E-state index contributed by atoms with van der Waals surface area (Å²) in [7, 11) is 5.92. The molecule has 3 nitrogen and oxygen atoms in total. The van der Waals surface area contributed by atoms with Gasteiger partial charge in [-0.25, -0.2) is 0 Å². The van der Waals surface area contributed by atoms with E-state index in [0.29, 0.717) is 12.1 Å². The molecule has 0 aliphatic heterocycles. The van der Waals surface area contributed by atoms with Crippen LogP contribution in [0.2, 0.25) is 0 Å². The SMILES string of the molecule is COC1CC(Nc2ccccc2N(C)C)C1. The molecule has 0 atom stereocenters. The van der Waals surface area contributed by atoms with Crippen molar-refractivity contribution in [1.82, 2.24) is 0 Å². The third-order valence-corrected chi connectivity index (χ3v) is 3.17. The molecule has 0 amide bonds. The number of ether oxygens (including phenoxy) is 1. The van der Waals surface area contributed by atoms with E-state index in [1.165, 1.54) is 11.4 Å². The lowest BCUT2D eigenvalue weighted by atomic mass is 9.89. The van der Waals surface area contributed by atoms with Crippen LogP contribution in [0.3, 0.4) is 0 Å². The number of hydrogen-bond donors (Lipinski definition) is 1. The summed E-state index contributed by atoms with van der Waals surface area (Å²) in [6.07, 6.45) is 2.67. The van der Waals surface area contributed by atoms with Crippen molar-refractivity contribution in [3.63, 3.8) is 0 Å². The highest BCUT2D eigenvalue weighted by atomic mass is 16.5. The molecule has 0 spiro atoms. The maximum atomic E-state index is 5.28. The maximum absolute atomic E-state index is 5.28. The lowest BCUT2D eigenvalue weighted by Crippen LogP contribution is -2.40. The molecule has 0 bridgehead atoms. The Morgan fingerprint density at radius 1 is 1.25 bits per heavy atom. The molecule has 16 heavy (non-hydrogen) atoms. The molecule has 0 saturated heterocycles. The van der Waals surface area contributed by atoms with Crippen LogP contribution >= 0.6 is 0 Å². The zero-order chi connectivity index (χ0) is 11.5. The summed E-state index contributed by atoms with van der Waals surface area (Å²) < 4.78 is 5.28. The smallest absolute Gasteiger partial charge is 0.0610 e. The highest BCUT2D eigenvalue weighted by Crippen LogP contribution is 2.30. The van der Waals surface area contributed by atoms with Crippen LogP contribution in [0.25, 0.3) is 0 Å². The zero-order valence-corrected chi connectivity index (χ0v) is 10.2. The first-order valence-corrected chi connectivity index (χ1v) is 5.76. The third-order valence-electron chi connectivity index (χ3n) is 3.17. The molecule has 1 fully saturated rings. The highest BCUT2D eigenvalue weighted by molar-refractivity contribution is 5.69. The predicted octanol–water partition coefficient (Wildman–Crippen LogP) is 2.34. The van der Waals surface area contributed by atoms with E-state index in [9.17, 15) is 0 Å². The summed E-state index contributed by atoms with van der Waals surface area (Å²) in [6.45, 7) is 0. The number of para-hydroxylation sites is 2. The monoisotopic (exact) mass is 220 g/mol. The van der Waals surface area contributed by atoms with Gasteiger partial charge in [-0.05, 0) is 25.0 Å². The lowest BCUT2D eigenvalue weighted by molar-refractivity contribution is 0.0329. The van der Waals surface area contributed by atoms with Crippen molar-refractivity contribution >= 4 is 11.4 Å². The van der Waals surface area contributed by atoms with Crippen molar-refractivity contribution in [2.75, 3.05) is 31.4 Å². The van der Waals surface area contributed by atoms with Crippen molar-refractivity contribution in [3.8, 4) is 0 Å². The first-order valence-electron chi connectivity index (χ1n) is 5.76. The van der Waals surface area contributed by atoms with Gasteiger partial charge in [-0.2, -0.15) is 0 Å². The van der Waals surface area contributed by atoms with Crippen molar-refractivity contribution in [1.29, 1.82) is 0 Å². The van der Waals surface area contributed by atoms with Crippen molar-refractivity contribution in [2.45, 2.75) is 25.0 Å². The molecule has 0 unspecified atom stereocenters. The van der Waals surface area contributed by atoms with Crippen LogP contribution < -0.4 is 10.2 Å². The number of anilines is 2. The summed E-state index contributed by atoms with van der Waals surface area (Å²) in [5.74, 6) is 0. The molecule has 88 valence electrons. The van der Waals surface area contributed by atoms with Gasteiger partial charge in [0, 0.05) is 27.2 Å². The van der Waals surface area contributed by atoms with Gasteiger partial charge in [0.25, 0.3) is 0 Å². The fourth-order valence-corrected chi connectivity index (χ4v) is 2.08. The van der Waals surface area contributed by atoms with Crippen LogP contribution in [0.4, 0.5) is 11.4 Å². The Morgan fingerprint density at radius 2 is 1.94 bits per heavy atom. The minimum absolute atomic E-state index is 0.448. The van der Waals surface area contributed by atoms with Gasteiger partial charge in [0.1, 0.15) is 0 Å². The standard InChI is InChI=1S/C13H20N2O/c1-15(2)13-7-5-4-6-12(13)14-10-8-11(9-10)16-3/h4-7,10-11,14H,8-9H2,1-3H3. The van der Waals surface area contributed by atoms with Crippen molar-refractivity contribution in [2.24, 2.45) is 0 Å². The van der Waals surface area contributed by atoms with Gasteiger partial charge >= 0.3 is 0 Å². The van der Waals surface area contributed by atoms with Crippen molar-refractivity contribution in [3.05, 3.63) is 24.3 Å². The molecule has 1 aliphatic carbocycles. The average molecular weight is 220 g/mol. The molecule has 0 aromatic heterocycles. The number of methoxy groups -OCH3 is 1. The van der Waals surface area contributed by atoms with Gasteiger partial charge in [0.15, 0.2) is 0 Å². The van der Waals surface area contributed by atoms with E-state index in [-0.39, 0.29) is 0 Å². The summed E-state index contributed by atoms with van der Waals surface area (Å²) >= 11 is 0. The molecule has 1 aromatic rings. The third kappa shape index (κ3) is 2.30. The van der Waals surface area contributed by atoms with E-state index < -0.39 is 0 Å². The zero-order valence-electron chi connectivity index (χ0n) is 10.2. The molecule has 2 rings (SSSR count). The summed E-state index contributed by atoms with van der Waals surface area (Å²) in [5.41, 5.74) is 2.45. The quantitative estimate of drug-likeness (QED) is 0.843. The molecule has 1 aromatic carbocycles. The molecular formula is C13H20N2O. The van der Waals surface area contributed by atoms with Gasteiger partial charge in [-0.1, -0.05) is 12.1 Å². The highest BCUT2D eigenvalue weighted by Gasteiger charge is 2.29. The lowest BCUT2D eigenvalue weighted by Gasteiger charge is -2.36. The first-order chi connectivity index (χ1) is 7.70. The van der Waals surface area contributed by atoms with E-state index in [2.05, 4.69) is 48.6 Å². The Labute approximate surface area is 97.4 Å². The molecule has 1 N–H and O–H groups in total. The summed E-state index contributed by atoms with van der Waals surface area (Å²) in [6, 6.07) is 8.97. The number of benzene rings is 1. The second kappa shape index (κ2) is 4.74.